The van der Waals surface area contributed by atoms with Crippen LogP contribution in [0, 0.1) is 5.82 Å². The number of carbonyl (C=O) groups is 1. The Bertz CT molecular complexity index is 1140. The van der Waals surface area contributed by atoms with E-state index in [4.69, 9.17) is 0 Å². The molecule has 4 nitrogen and oxygen atoms in total. The zero-order valence-corrected chi connectivity index (χ0v) is 14.8. The molecule has 1 aliphatic heterocycles. The van der Waals surface area contributed by atoms with Crippen molar-refractivity contribution in [3.8, 4) is 11.3 Å². The van der Waals surface area contributed by atoms with Crippen molar-refractivity contribution < 1.29 is 9.18 Å². The second kappa shape index (κ2) is 6.46. The summed E-state index contributed by atoms with van der Waals surface area (Å²) in [5, 5.41) is 7.31. The number of carbonyl (C=O) groups excluding carboxylic acids is 1. The summed E-state index contributed by atoms with van der Waals surface area (Å²) in [6, 6.07) is 25.3. The Labute approximate surface area is 161 Å². The first-order chi connectivity index (χ1) is 13.7. The van der Waals surface area contributed by atoms with E-state index in [-0.39, 0.29) is 17.8 Å². The van der Waals surface area contributed by atoms with Crippen LogP contribution >= 0.6 is 0 Å². The van der Waals surface area contributed by atoms with Crippen LogP contribution in [-0.4, -0.2) is 16.1 Å². The van der Waals surface area contributed by atoms with Gasteiger partial charge in [-0.2, -0.15) is 5.10 Å². The lowest BCUT2D eigenvalue weighted by molar-refractivity contribution is 0.0989. The molecule has 0 spiro atoms. The third-order valence-electron chi connectivity index (χ3n) is 5.04. The fourth-order valence-electron chi connectivity index (χ4n) is 3.78. The average Bonchev–Trinajstić information content (AvgIpc) is 3.29. The number of amides is 1. The van der Waals surface area contributed by atoms with Gasteiger partial charge in [-0.3, -0.25) is 14.8 Å². The quantitative estimate of drug-likeness (QED) is 0.554. The maximum Gasteiger partial charge on any atom is 0.277 e. The van der Waals surface area contributed by atoms with E-state index in [1.54, 1.807) is 17.0 Å². The van der Waals surface area contributed by atoms with Crippen molar-refractivity contribution in [3.05, 3.63) is 108 Å². The van der Waals surface area contributed by atoms with E-state index in [0.717, 1.165) is 22.4 Å². The van der Waals surface area contributed by atoms with E-state index >= 15 is 0 Å². The van der Waals surface area contributed by atoms with Crippen molar-refractivity contribution in [2.75, 3.05) is 4.90 Å². The zero-order valence-electron chi connectivity index (χ0n) is 14.8. The van der Waals surface area contributed by atoms with E-state index in [9.17, 15) is 9.18 Å². The molecule has 0 bridgehead atoms. The van der Waals surface area contributed by atoms with Crippen molar-refractivity contribution in [2.45, 2.75) is 6.04 Å². The molecule has 0 fully saturated rings. The summed E-state index contributed by atoms with van der Waals surface area (Å²) in [5.74, 6) is -0.437. The first-order valence-electron chi connectivity index (χ1n) is 9.02. The highest BCUT2D eigenvalue weighted by atomic mass is 19.1. The van der Waals surface area contributed by atoms with Gasteiger partial charge in [0.15, 0.2) is 0 Å². The first-order valence-corrected chi connectivity index (χ1v) is 9.02. The molecule has 4 aromatic rings. The predicted octanol–water partition coefficient (Wildman–Crippen LogP) is 4.97. The molecule has 1 aromatic heterocycles. The van der Waals surface area contributed by atoms with Crippen molar-refractivity contribution in [1.29, 1.82) is 0 Å². The van der Waals surface area contributed by atoms with Gasteiger partial charge in [-0.25, -0.2) is 4.39 Å². The molecule has 0 unspecified atom stereocenters. The topological polar surface area (TPSA) is 49.0 Å². The van der Waals surface area contributed by atoms with E-state index in [2.05, 4.69) is 10.2 Å². The number of nitrogens with zero attached hydrogens (tertiary/aromatic N) is 2. The van der Waals surface area contributed by atoms with Gasteiger partial charge in [-0.15, -0.1) is 0 Å². The number of para-hydroxylation sites is 1. The van der Waals surface area contributed by atoms with Gasteiger partial charge in [-0.05, 0) is 42.0 Å². The highest BCUT2D eigenvalue weighted by Gasteiger charge is 2.42. The van der Waals surface area contributed by atoms with Crippen LogP contribution in [-0.2, 0) is 0 Å². The Morgan fingerprint density at radius 2 is 1.50 bits per heavy atom. The van der Waals surface area contributed by atoms with Crippen LogP contribution in [0.4, 0.5) is 10.1 Å². The molecule has 0 saturated carbocycles. The molecule has 5 rings (SSSR count). The lowest BCUT2D eigenvalue weighted by Gasteiger charge is -2.26. The first kappa shape index (κ1) is 16.4. The maximum absolute atomic E-state index is 13.4. The molecule has 1 amide bonds. The highest BCUT2D eigenvalue weighted by Crippen LogP contribution is 2.44. The summed E-state index contributed by atoms with van der Waals surface area (Å²) in [6.07, 6.45) is 0. The molecule has 28 heavy (non-hydrogen) atoms. The molecule has 5 heteroatoms. The fraction of sp³-hybridized carbons (Fsp3) is 0.0435. The lowest BCUT2D eigenvalue weighted by Crippen LogP contribution is -2.29. The van der Waals surface area contributed by atoms with Gasteiger partial charge in [0.25, 0.3) is 5.91 Å². The Morgan fingerprint density at radius 3 is 2.18 bits per heavy atom. The average molecular weight is 369 g/mol. The molecular formula is C23H16FN3O. The largest absolute Gasteiger partial charge is 0.295 e. The summed E-state index contributed by atoms with van der Waals surface area (Å²) >= 11 is 0. The molecule has 136 valence electrons. The molecule has 1 atom stereocenters. The Balaban J connectivity index is 1.72. The fourth-order valence-corrected chi connectivity index (χ4v) is 3.78. The molecule has 1 aliphatic rings. The monoisotopic (exact) mass is 369 g/mol. The SMILES string of the molecule is O=C1c2[nH]nc(-c3ccc(F)cc3)c2[C@H](c2ccccc2)N1c1ccccc1. The number of H-pyrrole nitrogens is 1. The smallest absolute Gasteiger partial charge is 0.277 e. The predicted molar refractivity (Wildman–Crippen MR) is 106 cm³/mol. The molecule has 3 aromatic carbocycles. The van der Waals surface area contributed by atoms with E-state index in [1.807, 2.05) is 60.7 Å². The molecule has 1 N–H and O–H groups in total. The Kier molecular flexibility index (Phi) is 3.79. The minimum atomic E-state index is -0.315. The Hall–Kier alpha value is -3.73. The van der Waals surface area contributed by atoms with E-state index in [0.29, 0.717) is 11.4 Å². The zero-order chi connectivity index (χ0) is 19.1. The number of nitrogens with one attached hydrogen (secondary N) is 1. The van der Waals surface area contributed by atoms with Gasteiger partial charge in [0.1, 0.15) is 11.5 Å². The van der Waals surface area contributed by atoms with Crippen LogP contribution in [0.3, 0.4) is 0 Å². The van der Waals surface area contributed by atoms with E-state index in [1.165, 1.54) is 12.1 Å². The van der Waals surface area contributed by atoms with Crippen molar-refractivity contribution >= 4 is 11.6 Å². The van der Waals surface area contributed by atoms with Crippen LogP contribution in [0.15, 0.2) is 84.9 Å². The third-order valence-corrected chi connectivity index (χ3v) is 5.04. The summed E-state index contributed by atoms with van der Waals surface area (Å²) < 4.78 is 13.4. The second-order valence-electron chi connectivity index (χ2n) is 6.69. The number of rotatable bonds is 3. The standard InChI is InChI=1S/C23H16FN3O/c24-17-13-11-15(12-14-17)20-19-21(26-25-20)23(28)27(18-9-5-2-6-10-18)22(19)16-7-3-1-4-8-16/h1-14,22H,(H,25,26)/t22-/m0/s1. The van der Waals surface area contributed by atoms with Crippen LogP contribution in [0.2, 0.25) is 0 Å². The number of hydrogen-bond acceptors (Lipinski definition) is 2. The lowest BCUT2D eigenvalue weighted by atomic mass is 9.96. The minimum Gasteiger partial charge on any atom is -0.295 e. The van der Waals surface area contributed by atoms with Crippen molar-refractivity contribution in [3.63, 3.8) is 0 Å². The number of anilines is 1. The summed E-state index contributed by atoms with van der Waals surface area (Å²) in [7, 11) is 0. The minimum absolute atomic E-state index is 0.129. The molecule has 0 aliphatic carbocycles. The number of benzene rings is 3. The second-order valence-corrected chi connectivity index (χ2v) is 6.69. The number of fused-ring (bicyclic) bond motifs is 1. The van der Waals surface area contributed by atoms with Gasteiger partial charge in [0.2, 0.25) is 0 Å². The van der Waals surface area contributed by atoms with Crippen LogP contribution < -0.4 is 4.90 Å². The summed E-state index contributed by atoms with van der Waals surface area (Å²) in [5.41, 5.74) is 4.51. The third kappa shape index (κ3) is 2.52. The van der Waals surface area contributed by atoms with Gasteiger partial charge in [0.05, 0.1) is 11.7 Å². The van der Waals surface area contributed by atoms with Crippen molar-refractivity contribution in [1.82, 2.24) is 10.2 Å². The number of hydrogen-bond donors (Lipinski definition) is 1. The van der Waals surface area contributed by atoms with Crippen LogP contribution in [0.25, 0.3) is 11.3 Å². The van der Waals surface area contributed by atoms with Gasteiger partial charge >= 0.3 is 0 Å². The highest BCUT2D eigenvalue weighted by molar-refractivity contribution is 6.11. The van der Waals surface area contributed by atoms with Gasteiger partial charge < -0.3 is 0 Å². The maximum atomic E-state index is 13.4. The normalized spacial score (nSPS) is 15.7. The van der Waals surface area contributed by atoms with Crippen LogP contribution in [0.1, 0.15) is 27.7 Å². The van der Waals surface area contributed by atoms with Gasteiger partial charge in [-0.1, -0.05) is 48.5 Å². The molecular weight excluding hydrogens is 353 g/mol. The number of aromatic amines is 1. The van der Waals surface area contributed by atoms with Gasteiger partial charge in [0, 0.05) is 16.8 Å². The molecule has 0 saturated heterocycles. The molecule has 0 radical (unpaired) electrons. The van der Waals surface area contributed by atoms with Crippen molar-refractivity contribution in [2.24, 2.45) is 0 Å². The summed E-state index contributed by atoms with van der Waals surface area (Å²) in [4.78, 5) is 15.1. The Morgan fingerprint density at radius 1 is 0.857 bits per heavy atom. The number of halogens is 1. The number of aromatic nitrogens is 2. The van der Waals surface area contributed by atoms with E-state index < -0.39 is 0 Å². The molecule has 2 heterocycles. The summed E-state index contributed by atoms with van der Waals surface area (Å²) in [6.45, 7) is 0. The van der Waals surface area contributed by atoms with Crippen LogP contribution in [0.5, 0.6) is 0 Å².